The van der Waals surface area contributed by atoms with Crippen LogP contribution in [0.15, 0.2) is 55.1 Å². The van der Waals surface area contributed by atoms with E-state index < -0.39 is 11.3 Å². The molecular weight excluding hydrogens is 400 g/mol. The maximum atomic E-state index is 10.7. The minimum atomic E-state index is -1.97. The van der Waals surface area contributed by atoms with E-state index in [1.165, 1.54) is 6.33 Å². The van der Waals surface area contributed by atoms with Crippen LogP contribution in [0, 0.1) is 6.92 Å². The zero-order valence-corrected chi connectivity index (χ0v) is 17.2. The SMILES string of the molecule is Cc1ccc(CCCNS(=O)O)cc1Nc1ccccc1-c1ncnc2nc[nH]c12. The summed E-state index contributed by atoms with van der Waals surface area (Å²) in [6.07, 6.45) is 4.72. The van der Waals surface area contributed by atoms with Crippen LogP contribution in [-0.4, -0.2) is 35.2 Å². The molecule has 8 nitrogen and oxygen atoms in total. The number of nitrogens with one attached hydrogen (secondary N) is 3. The van der Waals surface area contributed by atoms with Gasteiger partial charge in [-0.15, -0.1) is 0 Å². The van der Waals surface area contributed by atoms with Gasteiger partial charge in [-0.25, -0.2) is 23.9 Å². The number of fused-ring (bicyclic) bond motifs is 1. The standard InChI is InChI=1S/C21H22N6O2S/c1-14-8-9-15(5-4-10-26-30(28)29)11-18(14)27-17-7-3-2-6-16(17)19-20-21(24-12-22-19)25-13-23-20/h2-3,6-9,11-13,26-27H,4-5,10H2,1H3,(H,28,29)(H,22,23,24,25). The number of imidazole rings is 1. The van der Waals surface area contributed by atoms with Gasteiger partial charge in [0, 0.05) is 23.5 Å². The van der Waals surface area contributed by atoms with Crippen LogP contribution in [0.25, 0.3) is 22.4 Å². The molecule has 9 heteroatoms. The Morgan fingerprint density at radius 1 is 1.10 bits per heavy atom. The molecule has 0 aliphatic rings. The van der Waals surface area contributed by atoms with Crippen molar-refractivity contribution in [1.82, 2.24) is 24.7 Å². The van der Waals surface area contributed by atoms with Gasteiger partial charge in [0.1, 0.15) is 17.5 Å². The number of nitrogens with zero attached hydrogens (tertiary/aromatic N) is 3. The van der Waals surface area contributed by atoms with Gasteiger partial charge >= 0.3 is 0 Å². The van der Waals surface area contributed by atoms with Gasteiger partial charge in [0.05, 0.1) is 6.33 Å². The first-order valence-corrected chi connectivity index (χ1v) is 10.7. The molecule has 0 spiro atoms. The molecule has 154 valence electrons. The summed E-state index contributed by atoms with van der Waals surface area (Å²) in [5, 5.41) is 3.55. The Bertz CT molecular complexity index is 1190. The highest BCUT2D eigenvalue weighted by Crippen LogP contribution is 2.33. The van der Waals surface area contributed by atoms with Gasteiger partial charge in [0.2, 0.25) is 11.3 Å². The number of aromatic amines is 1. The molecule has 0 saturated heterocycles. The average Bonchev–Trinajstić information content (AvgIpc) is 3.23. The Balaban J connectivity index is 1.60. The highest BCUT2D eigenvalue weighted by atomic mass is 32.2. The van der Waals surface area contributed by atoms with E-state index in [1.54, 1.807) is 6.33 Å². The van der Waals surface area contributed by atoms with Crippen molar-refractivity contribution >= 4 is 33.8 Å². The lowest BCUT2D eigenvalue weighted by Gasteiger charge is -2.15. The summed E-state index contributed by atoms with van der Waals surface area (Å²) in [7, 11) is 0. The Kier molecular flexibility index (Phi) is 6.12. The molecule has 0 aliphatic heterocycles. The number of anilines is 2. The summed E-state index contributed by atoms with van der Waals surface area (Å²) in [4.78, 5) is 16.0. The highest BCUT2D eigenvalue weighted by Gasteiger charge is 2.13. The largest absolute Gasteiger partial charge is 0.355 e. The van der Waals surface area contributed by atoms with Crippen LogP contribution in [-0.2, 0) is 17.7 Å². The molecule has 4 rings (SSSR count). The molecule has 0 saturated carbocycles. The Labute approximate surface area is 176 Å². The second kappa shape index (κ2) is 9.12. The molecule has 0 radical (unpaired) electrons. The molecule has 1 unspecified atom stereocenters. The first-order chi connectivity index (χ1) is 14.6. The number of aromatic nitrogens is 4. The Hall–Kier alpha value is -3.14. The fraction of sp³-hybridized carbons (Fsp3) is 0.190. The predicted molar refractivity (Wildman–Crippen MR) is 119 cm³/mol. The molecule has 0 amide bonds. The summed E-state index contributed by atoms with van der Waals surface area (Å²) in [5.41, 5.74) is 7.39. The zero-order chi connectivity index (χ0) is 20.9. The van der Waals surface area contributed by atoms with E-state index in [9.17, 15) is 4.21 Å². The van der Waals surface area contributed by atoms with E-state index in [2.05, 4.69) is 55.1 Å². The second-order valence-electron chi connectivity index (χ2n) is 6.89. The molecular formula is C21H22N6O2S. The van der Waals surface area contributed by atoms with Gasteiger partial charge in [0.25, 0.3) is 0 Å². The van der Waals surface area contributed by atoms with Gasteiger partial charge in [0.15, 0.2) is 5.65 Å². The quantitative estimate of drug-likeness (QED) is 0.254. The molecule has 2 heterocycles. The van der Waals surface area contributed by atoms with Crippen molar-refractivity contribution in [2.45, 2.75) is 19.8 Å². The third-order valence-corrected chi connectivity index (χ3v) is 5.30. The molecule has 30 heavy (non-hydrogen) atoms. The van der Waals surface area contributed by atoms with Crippen LogP contribution in [0.1, 0.15) is 17.5 Å². The molecule has 4 N–H and O–H groups in total. The van der Waals surface area contributed by atoms with E-state index in [1.807, 2.05) is 24.3 Å². The van der Waals surface area contributed by atoms with E-state index in [0.717, 1.165) is 52.1 Å². The summed E-state index contributed by atoms with van der Waals surface area (Å²) in [5.74, 6) is 0. The Morgan fingerprint density at radius 2 is 1.97 bits per heavy atom. The fourth-order valence-corrected chi connectivity index (χ4v) is 3.64. The highest BCUT2D eigenvalue weighted by molar-refractivity contribution is 7.77. The lowest BCUT2D eigenvalue weighted by Crippen LogP contribution is -2.17. The summed E-state index contributed by atoms with van der Waals surface area (Å²) in [6.45, 7) is 2.54. The minimum Gasteiger partial charge on any atom is -0.355 e. The number of hydrogen-bond donors (Lipinski definition) is 4. The molecule has 4 aromatic rings. The van der Waals surface area contributed by atoms with Crippen molar-refractivity contribution in [3.63, 3.8) is 0 Å². The summed E-state index contributed by atoms with van der Waals surface area (Å²) < 4.78 is 22.0. The number of para-hydroxylation sites is 1. The van der Waals surface area contributed by atoms with Crippen LogP contribution in [0.2, 0.25) is 0 Å². The third-order valence-electron chi connectivity index (χ3n) is 4.84. The fourth-order valence-electron chi connectivity index (χ4n) is 3.32. The van der Waals surface area contributed by atoms with Crippen molar-refractivity contribution in [3.05, 3.63) is 66.2 Å². The predicted octanol–water partition coefficient (Wildman–Crippen LogP) is 3.73. The number of benzene rings is 2. The lowest BCUT2D eigenvalue weighted by atomic mass is 10.0. The van der Waals surface area contributed by atoms with Crippen LogP contribution in [0.5, 0.6) is 0 Å². The minimum absolute atomic E-state index is 0.483. The van der Waals surface area contributed by atoms with Gasteiger partial charge < -0.3 is 10.3 Å². The second-order valence-corrected chi connectivity index (χ2v) is 7.68. The topological polar surface area (TPSA) is 116 Å². The smallest absolute Gasteiger partial charge is 0.231 e. The molecule has 0 fully saturated rings. The lowest BCUT2D eigenvalue weighted by molar-refractivity contribution is 0.547. The maximum absolute atomic E-state index is 10.7. The number of H-pyrrole nitrogens is 1. The summed E-state index contributed by atoms with van der Waals surface area (Å²) >= 11 is -1.97. The van der Waals surface area contributed by atoms with Crippen LogP contribution in [0.3, 0.4) is 0 Å². The van der Waals surface area contributed by atoms with Gasteiger partial charge in [-0.1, -0.05) is 30.3 Å². The van der Waals surface area contributed by atoms with Crippen molar-refractivity contribution in [2.75, 3.05) is 11.9 Å². The average molecular weight is 423 g/mol. The van der Waals surface area contributed by atoms with E-state index in [-0.39, 0.29) is 0 Å². The van der Waals surface area contributed by atoms with Gasteiger partial charge in [-0.05, 0) is 43.0 Å². The molecule has 0 aliphatic carbocycles. The van der Waals surface area contributed by atoms with Crippen molar-refractivity contribution in [1.29, 1.82) is 0 Å². The van der Waals surface area contributed by atoms with Crippen LogP contribution >= 0.6 is 0 Å². The van der Waals surface area contributed by atoms with Crippen LogP contribution in [0.4, 0.5) is 11.4 Å². The van der Waals surface area contributed by atoms with E-state index >= 15 is 0 Å². The molecule has 0 bridgehead atoms. The molecule has 1 atom stereocenters. The normalized spacial score (nSPS) is 12.2. The van der Waals surface area contributed by atoms with E-state index in [0.29, 0.717) is 12.2 Å². The Morgan fingerprint density at radius 3 is 2.83 bits per heavy atom. The van der Waals surface area contributed by atoms with Crippen molar-refractivity contribution in [2.24, 2.45) is 0 Å². The number of aryl methyl sites for hydroxylation is 2. The molecule has 2 aromatic carbocycles. The number of hydrogen-bond acceptors (Lipinski definition) is 5. The first kappa shape index (κ1) is 20.1. The van der Waals surface area contributed by atoms with Crippen molar-refractivity contribution < 1.29 is 8.76 Å². The molecule has 2 aromatic heterocycles. The third kappa shape index (κ3) is 4.54. The zero-order valence-electron chi connectivity index (χ0n) is 16.4. The maximum Gasteiger partial charge on any atom is 0.231 e. The van der Waals surface area contributed by atoms with E-state index in [4.69, 9.17) is 4.55 Å². The van der Waals surface area contributed by atoms with Crippen molar-refractivity contribution in [3.8, 4) is 11.3 Å². The first-order valence-electron chi connectivity index (χ1n) is 9.56. The summed E-state index contributed by atoms with van der Waals surface area (Å²) in [6, 6.07) is 14.3. The van der Waals surface area contributed by atoms with Gasteiger partial charge in [-0.3, -0.25) is 4.55 Å². The van der Waals surface area contributed by atoms with Gasteiger partial charge in [-0.2, -0.15) is 0 Å². The van der Waals surface area contributed by atoms with Crippen LogP contribution < -0.4 is 10.0 Å². The number of rotatable bonds is 8. The monoisotopic (exact) mass is 422 g/mol.